The number of hydrogen-bond acceptors (Lipinski definition) is 5. The molecule has 2 aromatic carbocycles. The van der Waals surface area contributed by atoms with Crippen LogP contribution in [0.25, 0.3) is 6.08 Å². The van der Waals surface area contributed by atoms with Crippen LogP contribution in [0.2, 0.25) is 15.2 Å². The van der Waals surface area contributed by atoms with Crippen molar-refractivity contribution < 1.29 is 19.4 Å². The first kappa shape index (κ1) is 29.9. The van der Waals surface area contributed by atoms with Crippen LogP contribution in [0.4, 0.5) is 10.5 Å². The van der Waals surface area contributed by atoms with Gasteiger partial charge in [-0.2, -0.15) is 5.10 Å². The summed E-state index contributed by atoms with van der Waals surface area (Å²) in [6.45, 7) is 8.14. The molecule has 40 heavy (non-hydrogen) atoms. The number of hydrogen-bond donors (Lipinski definition) is 2. The summed E-state index contributed by atoms with van der Waals surface area (Å²) in [7, 11) is 0. The molecule has 2 amide bonds. The van der Waals surface area contributed by atoms with Gasteiger partial charge in [-0.15, -0.1) is 0 Å². The van der Waals surface area contributed by atoms with Gasteiger partial charge in [0.25, 0.3) is 0 Å². The fourth-order valence-electron chi connectivity index (χ4n) is 4.49. The van der Waals surface area contributed by atoms with E-state index in [1.807, 2.05) is 33.8 Å². The molecule has 0 radical (unpaired) electrons. The van der Waals surface area contributed by atoms with Gasteiger partial charge >= 0.3 is 6.09 Å². The smallest absolute Gasteiger partial charge is 0.410 e. The standard InChI is InChI=1S/C29H31Cl3N4O4/c1-17-21(27(32)36(34-17)14-18-5-7-20(30)13-24(18)31)8-10-26(38)33-25-9-6-19(16-37)23-15-35(12-11-22(23)25)28(39)40-29(2,3)4/h5-10,13,37H,11-12,14-16H2,1-4H3,(H,33,38)/b10-8+. The Kier molecular flexibility index (Phi) is 9.15. The van der Waals surface area contributed by atoms with Crippen LogP contribution in [0.15, 0.2) is 36.4 Å². The normalized spacial score (nSPS) is 13.4. The van der Waals surface area contributed by atoms with Gasteiger partial charge in [-0.25, -0.2) is 9.48 Å². The number of aliphatic hydroxyl groups is 1. The molecule has 2 heterocycles. The fraction of sp³-hybridized carbons (Fsp3) is 0.345. The van der Waals surface area contributed by atoms with Crippen molar-refractivity contribution >= 4 is 58.6 Å². The quantitative estimate of drug-likeness (QED) is 0.307. The second-order valence-electron chi connectivity index (χ2n) is 10.5. The van der Waals surface area contributed by atoms with Crippen molar-refractivity contribution in [3.63, 3.8) is 0 Å². The first-order chi connectivity index (χ1) is 18.9. The molecule has 212 valence electrons. The van der Waals surface area contributed by atoms with Crippen LogP contribution in [-0.2, 0) is 35.6 Å². The van der Waals surface area contributed by atoms with Crippen molar-refractivity contribution in [2.24, 2.45) is 0 Å². The van der Waals surface area contributed by atoms with Crippen LogP contribution in [0, 0.1) is 6.92 Å². The molecule has 0 saturated heterocycles. The van der Waals surface area contributed by atoms with E-state index in [1.54, 1.807) is 39.9 Å². The van der Waals surface area contributed by atoms with E-state index in [9.17, 15) is 14.7 Å². The van der Waals surface area contributed by atoms with E-state index < -0.39 is 11.7 Å². The maximum atomic E-state index is 12.9. The van der Waals surface area contributed by atoms with Crippen molar-refractivity contribution in [1.29, 1.82) is 0 Å². The molecule has 0 aliphatic carbocycles. The van der Waals surface area contributed by atoms with E-state index in [0.717, 1.165) is 16.7 Å². The van der Waals surface area contributed by atoms with Crippen LogP contribution in [0.1, 0.15) is 54.3 Å². The summed E-state index contributed by atoms with van der Waals surface area (Å²) in [5, 5.41) is 18.7. The third-order valence-electron chi connectivity index (χ3n) is 6.43. The number of anilines is 1. The molecule has 1 aromatic heterocycles. The Morgan fingerprint density at radius 3 is 2.52 bits per heavy atom. The van der Waals surface area contributed by atoms with Gasteiger partial charge in [0, 0.05) is 40.5 Å². The number of carbonyl (C=O) groups excluding carboxylic acids is 2. The minimum Gasteiger partial charge on any atom is -0.444 e. The topological polar surface area (TPSA) is 96.7 Å². The SMILES string of the molecule is Cc1nn(Cc2ccc(Cl)cc2Cl)c(Cl)c1/C=C/C(=O)Nc1ccc(CO)c2c1CCN(C(=O)OC(C)(C)C)C2. The van der Waals surface area contributed by atoms with Gasteiger partial charge in [-0.05, 0) is 80.6 Å². The van der Waals surface area contributed by atoms with Crippen LogP contribution in [-0.4, -0.2) is 43.9 Å². The first-order valence-electron chi connectivity index (χ1n) is 12.7. The van der Waals surface area contributed by atoms with Crippen molar-refractivity contribution in [2.45, 2.75) is 59.4 Å². The maximum Gasteiger partial charge on any atom is 0.410 e. The first-order valence-corrected chi connectivity index (χ1v) is 13.9. The Balaban J connectivity index is 1.49. The van der Waals surface area contributed by atoms with Crippen molar-refractivity contribution in [2.75, 3.05) is 11.9 Å². The summed E-state index contributed by atoms with van der Waals surface area (Å²) in [5.41, 5.74) is 4.50. The summed E-state index contributed by atoms with van der Waals surface area (Å²) >= 11 is 18.9. The van der Waals surface area contributed by atoms with E-state index in [4.69, 9.17) is 39.5 Å². The lowest BCUT2D eigenvalue weighted by Gasteiger charge is -2.33. The molecule has 0 saturated carbocycles. The largest absolute Gasteiger partial charge is 0.444 e. The minimum atomic E-state index is -0.611. The summed E-state index contributed by atoms with van der Waals surface area (Å²) in [4.78, 5) is 27.2. The number of aromatic nitrogens is 2. The van der Waals surface area contributed by atoms with Gasteiger partial charge in [0.2, 0.25) is 5.91 Å². The van der Waals surface area contributed by atoms with E-state index in [1.165, 1.54) is 6.08 Å². The number of fused-ring (bicyclic) bond motifs is 1. The molecule has 0 spiro atoms. The van der Waals surface area contributed by atoms with Gasteiger partial charge in [0.15, 0.2) is 0 Å². The van der Waals surface area contributed by atoms with Gasteiger partial charge in [-0.3, -0.25) is 4.79 Å². The highest BCUT2D eigenvalue weighted by Crippen LogP contribution is 2.31. The molecule has 0 bridgehead atoms. The van der Waals surface area contributed by atoms with Crippen LogP contribution in [0.5, 0.6) is 0 Å². The number of benzene rings is 2. The lowest BCUT2D eigenvalue weighted by molar-refractivity contribution is -0.111. The lowest BCUT2D eigenvalue weighted by atomic mass is 9.93. The number of halogens is 3. The number of nitrogens with zero attached hydrogens (tertiary/aromatic N) is 3. The molecular weight excluding hydrogens is 575 g/mol. The third-order valence-corrected chi connectivity index (χ3v) is 7.42. The Hall–Kier alpha value is -3.04. The second-order valence-corrected chi connectivity index (χ2v) is 11.7. The number of carbonyl (C=O) groups is 2. The number of aryl methyl sites for hydroxylation is 1. The minimum absolute atomic E-state index is 0.179. The van der Waals surface area contributed by atoms with E-state index in [0.29, 0.717) is 57.2 Å². The number of amides is 2. The average Bonchev–Trinajstić information content (AvgIpc) is 3.15. The molecular formula is C29H31Cl3N4O4. The molecule has 8 nitrogen and oxygen atoms in total. The molecule has 1 aliphatic heterocycles. The number of nitrogens with one attached hydrogen (secondary N) is 1. The third kappa shape index (κ3) is 6.99. The highest BCUT2D eigenvalue weighted by atomic mass is 35.5. The van der Waals surface area contributed by atoms with E-state index in [-0.39, 0.29) is 19.1 Å². The van der Waals surface area contributed by atoms with E-state index >= 15 is 0 Å². The van der Waals surface area contributed by atoms with Gasteiger partial charge in [-0.1, -0.05) is 46.9 Å². The highest BCUT2D eigenvalue weighted by Gasteiger charge is 2.28. The second kappa shape index (κ2) is 12.2. The van der Waals surface area contributed by atoms with Crippen LogP contribution >= 0.6 is 34.8 Å². The summed E-state index contributed by atoms with van der Waals surface area (Å²) in [6.07, 6.45) is 3.12. The van der Waals surface area contributed by atoms with Crippen molar-refractivity contribution in [1.82, 2.24) is 14.7 Å². The number of ether oxygens (including phenoxy) is 1. The predicted octanol–water partition coefficient (Wildman–Crippen LogP) is 6.64. The maximum absolute atomic E-state index is 12.9. The Morgan fingerprint density at radius 1 is 1.12 bits per heavy atom. The Bertz CT molecular complexity index is 1480. The summed E-state index contributed by atoms with van der Waals surface area (Å²) < 4.78 is 7.13. The molecule has 0 unspecified atom stereocenters. The van der Waals surface area contributed by atoms with Crippen molar-refractivity contribution in [3.8, 4) is 0 Å². The average molecular weight is 606 g/mol. The zero-order valence-corrected chi connectivity index (χ0v) is 25.0. The molecule has 11 heteroatoms. The monoisotopic (exact) mass is 604 g/mol. The number of rotatable bonds is 6. The summed E-state index contributed by atoms with van der Waals surface area (Å²) in [6, 6.07) is 8.75. The van der Waals surface area contributed by atoms with Gasteiger partial charge in [0.05, 0.1) is 18.8 Å². The Labute approximate surface area is 248 Å². The fourth-order valence-corrected chi connectivity index (χ4v) is 5.26. The van der Waals surface area contributed by atoms with Crippen molar-refractivity contribution in [3.05, 3.63) is 85.1 Å². The number of aliphatic hydroxyl groups excluding tert-OH is 1. The highest BCUT2D eigenvalue weighted by molar-refractivity contribution is 6.35. The molecule has 0 atom stereocenters. The molecule has 4 rings (SSSR count). The van der Waals surface area contributed by atoms with E-state index in [2.05, 4.69) is 10.4 Å². The lowest BCUT2D eigenvalue weighted by Crippen LogP contribution is -2.40. The zero-order valence-electron chi connectivity index (χ0n) is 22.7. The van der Waals surface area contributed by atoms with Gasteiger partial charge in [0.1, 0.15) is 10.8 Å². The summed E-state index contributed by atoms with van der Waals surface area (Å²) in [5.74, 6) is -0.350. The predicted molar refractivity (Wildman–Crippen MR) is 158 cm³/mol. The molecule has 3 aromatic rings. The molecule has 1 aliphatic rings. The Morgan fingerprint density at radius 2 is 1.85 bits per heavy atom. The zero-order chi connectivity index (χ0) is 29.2. The van der Waals surface area contributed by atoms with Crippen LogP contribution < -0.4 is 5.32 Å². The van der Waals surface area contributed by atoms with Crippen LogP contribution in [0.3, 0.4) is 0 Å². The van der Waals surface area contributed by atoms with Gasteiger partial charge < -0.3 is 20.1 Å². The molecule has 2 N–H and O–H groups in total. The molecule has 0 fully saturated rings.